The number of imidazole rings is 1. The number of aromatic nitrogens is 2. The van der Waals surface area contributed by atoms with Crippen molar-refractivity contribution in [1.82, 2.24) is 14.9 Å². The van der Waals surface area contributed by atoms with Crippen LogP contribution in [0.15, 0.2) is 35.2 Å². The van der Waals surface area contributed by atoms with E-state index >= 15 is 0 Å². The molecular formula is C16H22BrN3O. The molecule has 21 heavy (non-hydrogen) atoms. The SMILES string of the molecule is CC(C)CNCc1cc(Br)ccc1OCc1cncn1C. The highest BCUT2D eigenvalue weighted by Gasteiger charge is 2.07. The van der Waals surface area contributed by atoms with Crippen molar-refractivity contribution in [2.45, 2.75) is 27.0 Å². The van der Waals surface area contributed by atoms with Gasteiger partial charge in [0, 0.05) is 23.6 Å². The van der Waals surface area contributed by atoms with Gasteiger partial charge in [0.1, 0.15) is 12.4 Å². The third kappa shape index (κ3) is 4.86. The first-order valence-electron chi connectivity index (χ1n) is 7.13. The number of aryl methyl sites for hydroxylation is 1. The van der Waals surface area contributed by atoms with Gasteiger partial charge in [-0.3, -0.25) is 0 Å². The summed E-state index contributed by atoms with van der Waals surface area (Å²) < 4.78 is 8.99. The smallest absolute Gasteiger partial charge is 0.130 e. The molecule has 1 aromatic heterocycles. The average molecular weight is 352 g/mol. The summed E-state index contributed by atoms with van der Waals surface area (Å²) in [6.07, 6.45) is 3.61. The maximum atomic E-state index is 5.95. The van der Waals surface area contributed by atoms with E-state index in [9.17, 15) is 0 Å². The van der Waals surface area contributed by atoms with Crippen LogP contribution in [0.4, 0.5) is 0 Å². The van der Waals surface area contributed by atoms with Gasteiger partial charge in [-0.25, -0.2) is 4.98 Å². The van der Waals surface area contributed by atoms with Crippen molar-refractivity contribution in [3.8, 4) is 5.75 Å². The van der Waals surface area contributed by atoms with Gasteiger partial charge >= 0.3 is 0 Å². The largest absolute Gasteiger partial charge is 0.487 e. The van der Waals surface area contributed by atoms with E-state index in [1.807, 2.05) is 29.9 Å². The Morgan fingerprint density at radius 3 is 2.86 bits per heavy atom. The van der Waals surface area contributed by atoms with E-state index in [0.29, 0.717) is 12.5 Å². The van der Waals surface area contributed by atoms with Crippen molar-refractivity contribution in [1.29, 1.82) is 0 Å². The van der Waals surface area contributed by atoms with Crippen LogP contribution in [0.2, 0.25) is 0 Å². The van der Waals surface area contributed by atoms with Gasteiger partial charge in [0.15, 0.2) is 0 Å². The summed E-state index contributed by atoms with van der Waals surface area (Å²) in [5, 5.41) is 3.45. The quantitative estimate of drug-likeness (QED) is 0.829. The highest BCUT2D eigenvalue weighted by Crippen LogP contribution is 2.24. The lowest BCUT2D eigenvalue weighted by Crippen LogP contribution is -2.19. The Morgan fingerprint density at radius 2 is 2.19 bits per heavy atom. The van der Waals surface area contributed by atoms with Gasteiger partial charge < -0.3 is 14.6 Å². The normalized spacial score (nSPS) is 11.1. The molecule has 0 aliphatic heterocycles. The predicted molar refractivity (Wildman–Crippen MR) is 88.2 cm³/mol. The fourth-order valence-electron chi connectivity index (χ4n) is 2.00. The minimum atomic E-state index is 0.523. The maximum absolute atomic E-state index is 5.95. The minimum absolute atomic E-state index is 0.523. The summed E-state index contributed by atoms with van der Waals surface area (Å²) in [7, 11) is 1.97. The first kappa shape index (κ1) is 16.0. The van der Waals surface area contributed by atoms with Crippen LogP contribution in [0, 0.1) is 5.92 Å². The van der Waals surface area contributed by atoms with Crippen LogP contribution >= 0.6 is 15.9 Å². The van der Waals surface area contributed by atoms with Crippen LogP contribution in [0.25, 0.3) is 0 Å². The van der Waals surface area contributed by atoms with Crippen LogP contribution in [-0.2, 0) is 20.2 Å². The summed E-state index contributed by atoms with van der Waals surface area (Å²) in [5.74, 6) is 1.55. The minimum Gasteiger partial charge on any atom is -0.487 e. The molecule has 0 unspecified atom stereocenters. The Labute approximate surface area is 134 Å². The number of benzene rings is 1. The lowest BCUT2D eigenvalue weighted by Gasteiger charge is -2.14. The Morgan fingerprint density at radius 1 is 1.38 bits per heavy atom. The van der Waals surface area contributed by atoms with Crippen molar-refractivity contribution in [2.75, 3.05) is 6.54 Å². The Balaban J connectivity index is 2.02. The summed E-state index contributed by atoms with van der Waals surface area (Å²) in [6.45, 7) is 6.72. The van der Waals surface area contributed by atoms with Crippen molar-refractivity contribution in [3.63, 3.8) is 0 Å². The van der Waals surface area contributed by atoms with Gasteiger partial charge in [-0.15, -0.1) is 0 Å². The fraction of sp³-hybridized carbons (Fsp3) is 0.438. The van der Waals surface area contributed by atoms with Crippen LogP contribution < -0.4 is 10.1 Å². The van der Waals surface area contributed by atoms with Crippen molar-refractivity contribution in [2.24, 2.45) is 13.0 Å². The van der Waals surface area contributed by atoms with E-state index in [1.165, 1.54) is 0 Å². The van der Waals surface area contributed by atoms with E-state index < -0.39 is 0 Å². The van der Waals surface area contributed by atoms with E-state index in [4.69, 9.17) is 4.74 Å². The molecule has 0 aliphatic rings. The topological polar surface area (TPSA) is 39.1 Å². The van der Waals surface area contributed by atoms with Crippen molar-refractivity contribution in [3.05, 3.63) is 46.5 Å². The molecule has 1 heterocycles. The monoisotopic (exact) mass is 351 g/mol. The number of nitrogens with zero attached hydrogens (tertiary/aromatic N) is 2. The summed E-state index contributed by atoms with van der Waals surface area (Å²) >= 11 is 3.52. The summed E-state index contributed by atoms with van der Waals surface area (Å²) in [5.41, 5.74) is 2.21. The van der Waals surface area contributed by atoms with Crippen LogP contribution in [0.1, 0.15) is 25.1 Å². The van der Waals surface area contributed by atoms with Gasteiger partial charge in [-0.2, -0.15) is 0 Å². The van der Waals surface area contributed by atoms with Gasteiger partial charge in [-0.1, -0.05) is 29.8 Å². The Hall–Kier alpha value is -1.33. The first-order valence-corrected chi connectivity index (χ1v) is 7.92. The molecule has 0 atom stereocenters. The first-order chi connectivity index (χ1) is 10.1. The second-order valence-electron chi connectivity index (χ2n) is 5.56. The highest BCUT2D eigenvalue weighted by atomic mass is 79.9. The molecule has 1 N–H and O–H groups in total. The molecule has 2 aromatic rings. The Kier molecular flexibility index (Phi) is 5.82. The standard InChI is InChI=1S/C16H22BrN3O/c1-12(2)7-18-8-13-6-14(17)4-5-16(13)21-10-15-9-19-11-20(15)3/h4-6,9,11-12,18H,7-8,10H2,1-3H3. The number of halogens is 1. The number of nitrogens with one attached hydrogen (secondary N) is 1. The number of hydrogen-bond acceptors (Lipinski definition) is 3. The second-order valence-corrected chi connectivity index (χ2v) is 6.48. The van der Waals surface area contributed by atoms with E-state index in [2.05, 4.69) is 46.1 Å². The zero-order valence-electron chi connectivity index (χ0n) is 12.8. The highest BCUT2D eigenvalue weighted by molar-refractivity contribution is 9.10. The molecule has 4 nitrogen and oxygen atoms in total. The molecule has 0 amide bonds. The summed E-state index contributed by atoms with van der Waals surface area (Å²) in [6, 6.07) is 6.11. The van der Waals surface area contributed by atoms with Crippen molar-refractivity contribution < 1.29 is 4.74 Å². The maximum Gasteiger partial charge on any atom is 0.130 e. The Bertz CT molecular complexity index is 581. The molecule has 1 aromatic carbocycles. The van der Waals surface area contributed by atoms with Crippen molar-refractivity contribution >= 4 is 15.9 Å². The molecule has 0 aliphatic carbocycles. The lowest BCUT2D eigenvalue weighted by atomic mass is 10.2. The molecular weight excluding hydrogens is 330 g/mol. The molecule has 114 valence electrons. The molecule has 0 fully saturated rings. The van der Waals surface area contributed by atoms with Gasteiger partial charge in [0.2, 0.25) is 0 Å². The average Bonchev–Trinajstić information content (AvgIpc) is 2.83. The molecule has 0 saturated carbocycles. The predicted octanol–water partition coefficient (Wildman–Crippen LogP) is 3.51. The van der Waals surface area contributed by atoms with Crippen LogP contribution in [0.5, 0.6) is 5.75 Å². The fourth-order valence-corrected chi connectivity index (χ4v) is 2.41. The van der Waals surface area contributed by atoms with E-state index in [1.54, 1.807) is 6.33 Å². The zero-order chi connectivity index (χ0) is 15.2. The number of ether oxygens (including phenoxy) is 1. The molecule has 0 bridgehead atoms. The van der Waals surface area contributed by atoms with Gasteiger partial charge in [0.25, 0.3) is 0 Å². The lowest BCUT2D eigenvalue weighted by molar-refractivity contribution is 0.293. The van der Waals surface area contributed by atoms with E-state index in [-0.39, 0.29) is 0 Å². The van der Waals surface area contributed by atoms with Gasteiger partial charge in [0.05, 0.1) is 18.2 Å². The van der Waals surface area contributed by atoms with E-state index in [0.717, 1.165) is 34.6 Å². The molecule has 0 spiro atoms. The third-order valence-corrected chi connectivity index (χ3v) is 3.68. The molecule has 0 saturated heterocycles. The molecule has 2 rings (SSSR count). The third-order valence-electron chi connectivity index (χ3n) is 3.18. The number of rotatable bonds is 7. The zero-order valence-corrected chi connectivity index (χ0v) is 14.4. The second kappa shape index (κ2) is 7.61. The van der Waals surface area contributed by atoms with Crippen LogP contribution in [0.3, 0.4) is 0 Å². The molecule has 0 radical (unpaired) electrons. The number of hydrogen-bond donors (Lipinski definition) is 1. The molecule has 5 heteroatoms. The summed E-state index contributed by atoms with van der Waals surface area (Å²) in [4.78, 5) is 4.10. The van der Waals surface area contributed by atoms with Gasteiger partial charge in [-0.05, 0) is 30.7 Å². The van der Waals surface area contributed by atoms with Crippen LogP contribution in [-0.4, -0.2) is 16.1 Å².